The van der Waals surface area contributed by atoms with Crippen molar-refractivity contribution >= 4 is 21.7 Å². The highest BCUT2D eigenvalue weighted by atomic mass is 32.2. The summed E-state index contributed by atoms with van der Waals surface area (Å²) in [6, 6.07) is 6.63. The molecule has 0 aliphatic heterocycles. The fraction of sp³-hybridized carbons (Fsp3) is 0.600. The first-order chi connectivity index (χ1) is 13.3. The number of ketones is 1. The van der Waals surface area contributed by atoms with Crippen molar-refractivity contribution in [2.45, 2.75) is 53.4 Å². The number of Topliss-reactive ketones (excluding diaryl/α,β-unsaturated/α-hetero) is 1. The Bertz CT molecular complexity index is 712. The van der Waals surface area contributed by atoms with Crippen LogP contribution in [0.1, 0.15) is 47.1 Å². The minimum atomic E-state index is -3.57. The second kappa shape index (κ2) is 14.9. The average Bonchev–Trinajstić information content (AvgIpc) is 2.66. The third kappa shape index (κ3) is 14.7. The Morgan fingerprint density at radius 2 is 1.55 bits per heavy atom. The number of hydrogen-bond donors (Lipinski definition) is 3. The minimum Gasteiger partial charge on any atom is -0.409 e. The van der Waals surface area contributed by atoms with Crippen LogP contribution >= 0.6 is 0 Å². The molecule has 0 saturated heterocycles. The number of aryl methyl sites for hydroxylation is 1. The second-order valence-corrected chi connectivity index (χ2v) is 9.07. The molecule has 1 rings (SSSR count). The molecule has 0 heterocycles. The van der Waals surface area contributed by atoms with Crippen LogP contribution < -0.4 is 11.5 Å². The summed E-state index contributed by atoms with van der Waals surface area (Å²) in [5.74, 6) is 0.847. The van der Waals surface area contributed by atoms with Gasteiger partial charge in [-0.25, -0.2) is 0 Å². The first-order valence-electron chi connectivity index (χ1n) is 9.44. The van der Waals surface area contributed by atoms with Gasteiger partial charge in [-0.3, -0.25) is 8.98 Å². The Balaban J connectivity index is 0. The van der Waals surface area contributed by atoms with Gasteiger partial charge in [0.15, 0.2) is 0 Å². The monoisotopic (exact) mass is 431 g/mol. The summed E-state index contributed by atoms with van der Waals surface area (Å²) >= 11 is 0. The van der Waals surface area contributed by atoms with Crippen LogP contribution in [0.25, 0.3) is 0 Å². The molecule has 0 fully saturated rings. The van der Waals surface area contributed by atoms with Crippen LogP contribution in [0, 0.1) is 24.7 Å². The number of nitrogens with zero attached hydrogens (tertiary/aromatic N) is 1. The van der Waals surface area contributed by atoms with E-state index < -0.39 is 10.1 Å². The molecule has 0 radical (unpaired) electrons. The van der Waals surface area contributed by atoms with Crippen LogP contribution in [0.4, 0.5) is 0 Å². The third-order valence-corrected chi connectivity index (χ3v) is 4.71. The van der Waals surface area contributed by atoms with Gasteiger partial charge in [-0.2, -0.15) is 8.42 Å². The molecule has 168 valence electrons. The molecule has 0 unspecified atom stereocenters. The first kappa shape index (κ1) is 29.2. The highest BCUT2D eigenvalue weighted by Gasteiger charge is 2.15. The van der Waals surface area contributed by atoms with Crippen LogP contribution in [-0.2, 0) is 19.1 Å². The molecule has 29 heavy (non-hydrogen) atoms. The molecule has 8 nitrogen and oxygen atoms in total. The van der Waals surface area contributed by atoms with Gasteiger partial charge in [0.2, 0.25) is 0 Å². The Morgan fingerprint density at radius 1 is 1.07 bits per heavy atom. The van der Waals surface area contributed by atoms with Gasteiger partial charge >= 0.3 is 0 Å². The van der Waals surface area contributed by atoms with Crippen LogP contribution in [0.2, 0.25) is 0 Å². The van der Waals surface area contributed by atoms with Gasteiger partial charge in [-0.1, -0.05) is 64.4 Å². The lowest BCUT2D eigenvalue weighted by molar-refractivity contribution is -0.120. The molecule has 0 aromatic heterocycles. The van der Waals surface area contributed by atoms with Crippen molar-refractivity contribution in [2.24, 2.45) is 34.4 Å². The zero-order valence-corrected chi connectivity index (χ0v) is 19.4. The normalized spacial score (nSPS) is 11.6. The Morgan fingerprint density at radius 3 is 1.79 bits per heavy atom. The molecule has 0 atom stereocenters. The van der Waals surface area contributed by atoms with Crippen LogP contribution in [0.15, 0.2) is 34.3 Å². The van der Waals surface area contributed by atoms with Gasteiger partial charge < -0.3 is 16.7 Å². The maximum absolute atomic E-state index is 11.6. The molecule has 5 N–H and O–H groups in total. The maximum Gasteiger partial charge on any atom is 0.296 e. The summed E-state index contributed by atoms with van der Waals surface area (Å²) < 4.78 is 28.1. The molecule has 0 aliphatic rings. The molecule has 0 aliphatic carbocycles. The van der Waals surface area contributed by atoms with Crippen molar-refractivity contribution in [3.05, 3.63) is 29.8 Å². The number of amidine groups is 1. The van der Waals surface area contributed by atoms with E-state index in [1.165, 1.54) is 0 Å². The van der Waals surface area contributed by atoms with Crippen LogP contribution in [0.3, 0.4) is 0 Å². The van der Waals surface area contributed by atoms with Crippen molar-refractivity contribution in [3.63, 3.8) is 0 Å². The summed E-state index contributed by atoms with van der Waals surface area (Å²) in [6.07, 6.45) is 0. The van der Waals surface area contributed by atoms with E-state index in [1.807, 2.05) is 48.5 Å². The fourth-order valence-corrected chi connectivity index (χ4v) is 2.41. The number of hydrogen-bond acceptors (Lipinski definition) is 7. The molecule has 9 heteroatoms. The Hall–Kier alpha value is -1.97. The van der Waals surface area contributed by atoms with E-state index >= 15 is 0 Å². The molecule has 0 spiro atoms. The second-order valence-electron chi connectivity index (χ2n) is 7.45. The molecule has 0 saturated carbocycles. The third-order valence-electron chi connectivity index (χ3n) is 3.42. The van der Waals surface area contributed by atoms with Gasteiger partial charge in [-0.15, -0.1) is 0 Å². The number of carbonyl (C=O) groups is 1. The first-order valence-corrected chi connectivity index (χ1v) is 10.9. The minimum absolute atomic E-state index is 0.102. The van der Waals surface area contributed by atoms with Gasteiger partial charge in [0, 0.05) is 11.8 Å². The summed E-state index contributed by atoms with van der Waals surface area (Å²) in [6.45, 7) is 13.5. The quantitative estimate of drug-likeness (QED) is 0.198. The summed E-state index contributed by atoms with van der Waals surface area (Å²) in [5.41, 5.74) is 11.2. The molecule has 0 amide bonds. The zero-order valence-electron chi connectivity index (χ0n) is 18.5. The molecular weight excluding hydrogens is 394 g/mol. The number of carbonyl (C=O) groups excluding carboxylic acids is 1. The number of benzene rings is 1. The SMILES string of the molecule is CC(C)/C(N)=N\O.CC(C)C(=O)CN.Cc1ccc(S(=O)(=O)OCC(C)C)cc1. The van der Waals surface area contributed by atoms with Crippen molar-refractivity contribution in [2.75, 3.05) is 13.2 Å². The summed E-state index contributed by atoms with van der Waals surface area (Å²) in [7, 11) is -3.57. The lowest BCUT2D eigenvalue weighted by Gasteiger charge is -2.07. The number of oxime groups is 1. The maximum atomic E-state index is 11.6. The summed E-state index contributed by atoms with van der Waals surface area (Å²) in [4.78, 5) is 10.6. The van der Waals surface area contributed by atoms with E-state index in [-0.39, 0.29) is 47.4 Å². The van der Waals surface area contributed by atoms with Crippen LogP contribution in [0.5, 0.6) is 0 Å². The number of rotatable bonds is 7. The molecule has 1 aromatic rings. The van der Waals surface area contributed by atoms with Crippen molar-refractivity contribution in [1.29, 1.82) is 0 Å². The Labute approximate surface area is 175 Å². The highest BCUT2D eigenvalue weighted by Crippen LogP contribution is 2.14. The summed E-state index contributed by atoms with van der Waals surface area (Å²) in [5, 5.41) is 10.8. The predicted octanol–water partition coefficient (Wildman–Crippen LogP) is 2.92. The fourth-order valence-electron chi connectivity index (χ4n) is 1.35. The molecular formula is C20H37N3O5S. The Kier molecular flexibility index (Phi) is 15.1. The predicted molar refractivity (Wildman–Crippen MR) is 116 cm³/mol. The van der Waals surface area contributed by atoms with E-state index in [0.29, 0.717) is 0 Å². The van der Waals surface area contributed by atoms with E-state index in [0.717, 1.165) is 5.56 Å². The van der Waals surface area contributed by atoms with Crippen LogP contribution in [-0.4, -0.2) is 38.4 Å². The van der Waals surface area contributed by atoms with E-state index in [2.05, 4.69) is 5.16 Å². The highest BCUT2D eigenvalue weighted by molar-refractivity contribution is 7.86. The van der Waals surface area contributed by atoms with E-state index in [4.69, 9.17) is 20.9 Å². The smallest absolute Gasteiger partial charge is 0.296 e. The molecule has 0 bridgehead atoms. The van der Waals surface area contributed by atoms with Crippen molar-refractivity contribution < 1.29 is 22.6 Å². The lowest BCUT2D eigenvalue weighted by atomic mass is 10.1. The van der Waals surface area contributed by atoms with Gasteiger partial charge in [0.1, 0.15) is 11.6 Å². The van der Waals surface area contributed by atoms with Gasteiger partial charge in [0.05, 0.1) is 18.0 Å². The topological polar surface area (TPSA) is 145 Å². The molecule has 1 aromatic carbocycles. The lowest BCUT2D eigenvalue weighted by Crippen LogP contribution is -2.18. The zero-order chi connectivity index (χ0) is 23.2. The van der Waals surface area contributed by atoms with Gasteiger partial charge in [-0.05, 0) is 25.0 Å². The number of nitrogens with two attached hydrogens (primary N) is 2. The van der Waals surface area contributed by atoms with Crippen molar-refractivity contribution in [3.8, 4) is 0 Å². The van der Waals surface area contributed by atoms with Crippen molar-refractivity contribution in [1.82, 2.24) is 0 Å². The average molecular weight is 432 g/mol. The standard InChI is InChI=1S/C11H16O3S.C5H11NO.C4H10N2O/c1-9(2)8-14-15(12,13)11-6-4-10(3)5-7-11;1-4(2)5(7)3-6;1-3(2)4(5)6-7/h4-7,9H,8H2,1-3H3;4H,3,6H2,1-2H3;3,7H,1-2H3,(H2,5,6). The van der Waals surface area contributed by atoms with E-state index in [1.54, 1.807) is 24.3 Å². The van der Waals surface area contributed by atoms with E-state index in [9.17, 15) is 13.2 Å². The largest absolute Gasteiger partial charge is 0.409 e. The van der Waals surface area contributed by atoms with Gasteiger partial charge in [0.25, 0.3) is 10.1 Å².